The standard InChI is InChI=1S/C17H28N2O3/c1-6-8-12-21-15-10-9-14(13(3)18-15)19-16(20)17(4,5)22-11-7-2/h9-10H,6-8,11-12H2,1-5H3,(H,19,20). The van der Waals surface area contributed by atoms with Crippen LogP contribution in [-0.4, -0.2) is 29.7 Å². The second-order valence-electron chi connectivity index (χ2n) is 5.80. The van der Waals surface area contributed by atoms with Crippen molar-refractivity contribution in [3.63, 3.8) is 0 Å². The Morgan fingerprint density at radius 3 is 2.55 bits per heavy atom. The van der Waals surface area contributed by atoms with E-state index < -0.39 is 5.60 Å². The van der Waals surface area contributed by atoms with Crippen LogP contribution in [0.15, 0.2) is 12.1 Å². The van der Waals surface area contributed by atoms with E-state index in [-0.39, 0.29) is 5.91 Å². The molecule has 1 amide bonds. The Kier molecular flexibility index (Phi) is 7.32. The molecule has 1 N–H and O–H groups in total. The Labute approximate surface area is 133 Å². The molecule has 1 rings (SSSR count). The molecule has 22 heavy (non-hydrogen) atoms. The minimum absolute atomic E-state index is 0.175. The van der Waals surface area contributed by atoms with Crippen LogP contribution < -0.4 is 10.1 Å². The molecule has 0 unspecified atom stereocenters. The topological polar surface area (TPSA) is 60.5 Å². The van der Waals surface area contributed by atoms with Gasteiger partial charge in [0, 0.05) is 12.7 Å². The third kappa shape index (κ3) is 5.64. The van der Waals surface area contributed by atoms with Gasteiger partial charge in [-0.15, -0.1) is 0 Å². The fraction of sp³-hybridized carbons (Fsp3) is 0.647. The summed E-state index contributed by atoms with van der Waals surface area (Å²) in [4.78, 5) is 16.7. The Morgan fingerprint density at radius 2 is 1.95 bits per heavy atom. The first-order valence-corrected chi connectivity index (χ1v) is 7.96. The number of nitrogens with one attached hydrogen (secondary N) is 1. The van der Waals surface area contributed by atoms with E-state index >= 15 is 0 Å². The molecule has 0 aromatic carbocycles. The molecule has 0 fully saturated rings. The van der Waals surface area contributed by atoms with Gasteiger partial charge in [0.05, 0.1) is 18.0 Å². The molecule has 1 aromatic rings. The van der Waals surface area contributed by atoms with Crippen LogP contribution >= 0.6 is 0 Å². The molecule has 1 aromatic heterocycles. The number of ether oxygens (including phenoxy) is 2. The number of carbonyl (C=O) groups is 1. The summed E-state index contributed by atoms with van der Waals surface area (Å²) in [5.41, 5.74) is 0.549. The zero-order valence-electron chi connectivity index (χ0n) is 14.4. The van der Waals surface area contributed by atoms with Crippen molar-refractivity contribution >= 4 is 11.6 Å². The first kappa shape index (κ1) is 18.4. The highest BCUT2D eigenvalue weighted by Crippen LogP contribution is 2.20. The first-order valence-electron chi connectivity index (χ1n) is 7.96. The summed E-state index contributed by atoms with van der Waals surface area (Å²) in [6.07, 6.45) is 2.96. The lowest BCUT2D eigenvalue weighted by molar-refractivity contribution is -0.137. The quantitative estimate of drug-likeness (QED) is 0.706. The molecule has 0 bridgehead atoms. The number of carbonyl (C=O) groups excluding carboxylic acids is 1. The van der Waals surface area contributed by atoms with Gasteiger partial charge in [0.25, 0.3) is 5.91 Å². The number of amides is 1. The first-order chi connectivity index (χ1) is 10.4. The van der Waals surface area contributed by atoms with Crippen LogP contribution in [0.1, 0.15) is 52.7 Å². The number of unbranched alkanes of at least 4 members (excludes halogenated alkanes) is 1. The summed E-state index contributed by atoms with van der Waals surface area (Å²) in [6.45, 7) is 10.7. The largest absolute Gasteiger partial charge is 0.478 e. The van der Waals surface area contributed by atoms with Crippen molar-refractivity contribution in [1.29, 1.82) is 0 Å². The van der Waals surface area contributed by atoms with Crippen molar-refractivity contribution in [2.75, 3.05) is 18.5 Å². The second kappa shape index (κ2) is 8.73. The minimum atomic E-state index is -0.862. The lowest BCUT2D eigenvalue weighted by Gasteiger charge is -2.24. The van der Waals surface area contributed by atoms with E-state index in [9.17, 15) is 4.79 Å². The molecule has 0 aliphatic carbocycles. The molecule has 0 atom stereocenters. The fourth-order valence-electron chi connectivity index (χ4n) is 1.77. The Morgan fingerprint density at radius 1 is 1.23 bits per heavy atom. The number of hydrogen-bond donors (Lipinski definition) is 1. The summed E-state index contributed by atoms with van der Waals surface area (Å²) in [6, 6.07) is 3.59. The second-order valence-corrected chi connectivity index (χ2v) is 5.80. The van der Waals surface area contributed by atoms with Gasteiger partial charge in [-0.2, -0.15) is 0 Å². The number of aromatic nitrogens is 1. The van der Waals surface area contributed by atoms with Crippen LogP contribution in [0.25, 0.3) is 0 Å². The molecule has 5 heteroatoms. The Bertz CT molecular complexity index is 487. The zero-order valence-corrected chi connectivity index (χ0v) is 14.4. The smallest absolute Gasteiger partial charge is 0.256 e. The Balaban J connectivity index is 2.67. The van der Waals surface area contributed by atoms with Gasteiger partial charge in [0.1, 0.15) is 5.60 Å². The SMILES string of the molecule is CCCCOc1ccc(NC(=O)C(C)(C)OCCC)c(C)n1. The average molecular weight is 308 g/mol. The van der Waals surface area contributed by atoms with Crippen LogP contribution in [0.4, 0.5) is 5.69 Å². The van der Waals surface area contributed by atoms with Crippen molar-refractivity contribution in [3.8, 4) is 5.88 Å². The van der Waals surface area contributed by atoms with E-state index in [0.717, 1.165) is 25.0 Å². The normalized spacial score (nSPS) is 11.3. The van der Waals surface area contributed by atoms with Crippen molar-refractivity contribution in [2.24, 2.45) is 0 Å². The fourth-order valence-corrected chi connectivity index (χ4v) is 1.77. The van der Waals surface area contributed by atoms with E-state index in [1.54, 1.807) is 19.9 Å². The predicted molar refractivity (Wildman–Crippen MR) is 88.3 cm³/mol. The molecular formula is C17H28N2O3. The van der Waals surface area contributed by atoms with Gasteiger partial charge in [-0.3, -0.25) is 4.79 Å². The van der Waals surface area contributed by atoms with Crippen molar-refractivity contribution in [3.05, 3.63) is 17.8 Å². The van der Waals surface area contributed by atoms with Gasteiger partial charge in [0.15, 0.2) is 0 Å². The predicted octanol–water partition coefficient (Wildman–Crippen LogP) is 3.71. The number of nitrogens with zero attached hydrogens (tertiary/aromatic N) is 1. The molecule has 0 saturated heterocycles. The molecule has 0 spiro atoms. The molecule has 0 aliphatic rings. The van der Waals surface area contributed by atoms with Crippen LogP contribution in [0, 0.1) is 6.92 Å². The maximum Gasteiger partial charge on any atom is 0.256 e. The lowest BCUT2D eigenvalue weighted by Crippen LogP contribution is -2.40. The van der Waals surface area contributed by atoms with Gasteiger partial charge in [-0.1, -0.05) is 20.3 Å². The van der Waals surface area contributed by atoms with Crippen molar-refractivity contribution < 1.29 is 14.3 Å². The minimum Gasteiger partial charge on any atom is -0.478 e. The van der Waals surface area contributed by atoms with Crippen LogP contribution in [0.2, 0.25) is 0 Å². The molecule has 0 saturated carbocycles. The third-order valence-corrected chi connectivity index (χ3v) is 3.27. The third-order valence-electron chi connectivity index (χ3n) is 3.27. The molecular weight excluding hydrogens is 280 g/mol. The summed E-state index contributed by atoms with van der Waals surface area (Å²) in [5.74, 6) is 0.413. The van der Waals surface area contributed by atoms with Gasteiger partial charge in [0.2, 0.25) is 5.88 Å². The molecule has 0 radical (unpaired) electrons. The van der Waals surface area contributed by atoms with E-state index in [2.05, 4.69) is 17.2 Å². The number of aryl methyl sites for hydroxylation is 1. The maximum atomic E-state index is 12.3. The van der Waals surface area contributed by atoms with Crippen LogP contribution in [0.5, 0.6) is 5.88 Å². The molecule has 124 valence electrons. The van der Waals surface area contributed by atoms with Gasteiger partial charge >= 0.3 is 0 Å². The highest BCUT2D eigenvalue weighted by molar-refractivity contribution is 5.97. The summed E-state index contributed by atoms with van der Waals surface area (Å²) in [7, 11) is 0. The van der Waals surface area contributed by atoms with Gasteiger partial charge in [-0.25, -0.2) is 4.98 Å². The summed E-state index contributed by atoms with van der Waals surface area (Å²) in [5, 5.41) is 2.87. The van der Waals surface area contributed by atoms with Crippen molar-refractivity contribution in [1.82, 2.24) is 4.98 Å². The van der Waals surface area contributed by atoms with E-state index in [4.69, 9.17) is 9.47 Å². The number of hydrogen-bond acceptors (Lipinski definition) is 4. The van der Waals surface area contributed by atoms with Gasteiger partial charge in [-0.05, 0) is 39.7 Å². The number of anilines is 1. The van der Waals surface area contributed by atoms with Crippen LogP contribution in [-0.2, 0) is 9.53 Å². The molecule has 5 nitrogen and oxygen atoms in total. The van der Waals surface area contributed by atoms with Crippen LogP contribution in [0.3, 0.4) is 0 Å². The van der Waals surface area contributed by atoms with Crippen molar-refractivity contribution in [2.45, 2.75) is 59.5 Å². The summed E-state index contributed by atoms with van der Waals surface area (Å²) < 4.78 is 11.1. The van der Waals surface area contributed by atoms with E-state index in [0.29, 0.717) is 24.8 Å². The Hall–Kier alpha value is -1.62. The molecule has 0 aliphatic heterocycles. The number of rotatable bonds is 9. The maximum absolute atomic E-state index is 12.3. The zero-order chi connectivity index (χ0) is 16.6. The van der Waals surface area contributed by atoms with Gasteiger partial charge < -0.3 is 14.8 Å². The highest BCUT2D eigenvalue weighted by atomic mass is 16.5. The summed E-state index contributed by atoms with van der Waals surface area (Å²) >= 11 is 0. The number of pyridine rings is 1. The average Bonchev–Trinajstić information content (AvgIpc) is 2.48. The highest BCUT2D eigenvalue weighted by Gasteiger charge is 2.28. The monoisotopic (exact) mass is 308 g/mol. The lowest BCUT2D eigenvalue weighted by atomic mass is 10.1. The van der Waals surface area contributed by atoms with E-state index in [1.807, 2.05) is 19.9 Å². The molecule has 1 heterocycles. The van der Waals surface area contributed by atoms with E-state index in [1.165, 1.54) is 0 Å².